The molecule has 0 heterocycles. The molecule has 0 radical (unpaired) electrons. The van der Waals surface area contributed by atoms with Crippen LogP contribution in [0, 0.1) is 0 Å². The number of carbonyl (C=O) groups is 1. The molecule has 2 nitrogen and oxygen atoms in total. The maximum absolute atomic E-state index is 11.4. The number of hydrogen-bond donors (Lipinski definition) is 1. The molecule has 0 spiro atoms. The van der Waals surface area contributed by atoms with Gasteiger partial charge in [0.05, 0.1) is 0 Å². The minimum Gasteiger partial charge on any atom is -0.366 e. The Balaban J connectivity index is 2.25. The highest BCUT2D eigenvalue weighted by Gasteiger charge is 2.00. The van der Waals surface area contributed by atoms with Crippen molar-refractivity contribution in [2.24, 2.45) is 5.73 Å². The van der Waals surface area contributed by atoms with Crippen LogP contribution in [0.5, 0.6) is 0 Å². The SMILES string of the molecule is NC(=O)C(C=Cc1ccccc1)=Cc1ccccc1. The number of nitrogens with two attached hydrogens (primary N) is 1. The molecule has 0 aliphatic heterocycles. The van der Waals surface area contributed by atoms with Gasteiger partial charge < -0.3 is 5.73 Å². The summed E-state index contributed by atoms with van der Waals surface area (Å²) in [6.45, 7) is 0. The van der Waals surface area contributed by atoms with Crippen molar-refractivity contribution in [1.29, 1.82) is 0 Å². The van der Waals surface area contributed by atoms with Gasteiger partial charge in [0.15, 0.2) is 0 Å². The van der Waals surface area contributed by atoms with Gasteiger partial charge in [-0.3, -0.25) is 4.79 Å². The number of primary amides is 1. The molecule has 0 bridgehead atoms. The number of amides is 1. The Hall–Kier alpha value is -2.61. The molecule has 2 aromatic rings. The van der Waals surface area contributed by atoms with Crippen molar-refractivity contribution in [1.82, 2.24) is 0 Å². The predicted octanol–water partition coefficient (Wildman–Crippen LogP) is 3.27. The second kappa shape index (κ2) is 6.36. The first-order chi connectivity index (χ1) is 9.25. The van der Waals surface area contributed by atoms with Gasteiger partial charge in [-0.05, 0) is 23.3 Å². The van der Waals surface area contributed by atoms with Gasteiger partial charge in [-0.1, -0.05) is 66.7 Å². The van der Waals surface area contributed by atoms with E-state index in [-0.39, 0.29) is 0 Å². The molecule has 2 heteroatoms. The number of rotatable bonds is 4. The fourth-order valence-electron chi connectivity index (χ4n) is 1.68. The molecule has 94 valence electrons. The van der Waals surface area contributed by atoms with E-state index in [2.05, 4.69) is 0 Å². The first kappa shape index (κ1) is 12.8. The van der Waals surface area contributed by atoms with E-state index in [0.29, 0.717) is 5.57 Å². The second-order valence-electron chi connectivity index (χ2n) is 4.12. The predicted molar refractivity (Wildman–Crippen MR) is 79.1 cm³/mol. The second-order valence-corrected chi connectivity index (χ2v) is 4.12. The quantitative estimate of drug-likeness (QED) is 0.656. The van der Waals surface area contributed by atoms with Gasteiger partial charge in [-0.25, -0.2) is 0 Å². The van der Waals surface area contributed by atoms with Crippen LogP contribution in [-0.2, 0) is 4.79 Å². The maximum Gasteiger partial charge on any atom is 0.248 e. The van der Waals surface area contributed by atoms with Crippen LogP contribution >= 0.6 is 0 Å². The Morgan fingerprint density at radius 3 is 1.89 bits per heavy atom. The van der Waals surface area contributed by atoms with Gasteiger partial charge in [-0.2, -0.15) is 0 Å². The summed E-state index contributed by atoms with van der Waals surface area (Å²) in [7, 11) is 0. The van der Waals surface area contributed by atoms with E-state index in [9.17, 15) is 4.79 Å². The Morgan fingerprint density at radius 1 is 0.842 bits per heavy atom. The first-order valence-electron chi connectivity index (χ1n) is 6.05. The van der Waals surface area contributed by atoms with Crippen LogP contribution in [0.1, 0.15) is 11.1 Å². The van der Waals surface area contributed by atoms with E-state index in [4.69, 9.17) is 5.73 Å². The zero-order valence-corrected chi connectivity index (χ0v) is 10.5. The van der Waals surface area contributed by atoms with E-state index in [1.165, 1.54) is 0 Å². The average Bonchev–Trinajstić information content (AvgIpc) is 2.45. The van der Waals surface area contributed by atoms with Crippen LogP contribution in [-0.4, -0.2) is 5.91 Å². The Labute approximate surface area is 112 Å². The largest absolute Gasteiger partial charge is 0.366 e. The average molecular weight is 249 g/mol. The highest BCUT2D eigenvalue weighted by atomic mass is 16.1. The van der Waals surface area contributed by atoms with Crippen molar-refractivity contribution < 1.29 is 4.79 Å². The smallest absolute Gasteiger partial charge is 0.248 e. The molecule has 0 atom stereocenters. The van der Waals surface area contributed by atoms with Crippen LogP contribution < -0.4 is 5.73 Å². The number of benzene rings is 2. The molecular weight excluding hydrogens is 234 g/mol. The van der Waals surface area contributed by atoms with Crippen molar-refractivity contribution in [3.63, 3.8) is 0 Å². The maximum atomic E-state index is 11.4. The topological polar surface area (TPSA) is 43.1 Å². The molecule has 0 aromatic heterocycles. The molecule has 0 aliphatic carbocycles. The van der Waals surface area contributed by atoms with E-state index in [1.807, 2.05) is 66.7 Å². The summed E-state index contributed by atoms with van der Waals surface area (Å²) in [5, 5.41) is 0. The standard InChI is InChI=1S/C17H15NO/c18-17(19)16(13-15-9-5-2-6-10-15)12-11-14-7-3-1-4-8-14/h1-13H,(H2,18,19). The van der Waals surface area contributed by atoms with Crippen LogP contribution in [0.2, 0.25) is 0 Å². The molecule has 0 fully saturated rings. The molecule has 2 N–H and O–H groups in total. The fraction of sp³-hybridized carbons (Fsp3) is 0. The number of hydrogen-bond acceptors (Lipinski definition) is 1. The van der Waals surface area contributed by atoms with E-state index >= 15 is 0 Å². The van der Waals surface area contributed by atoms with Crippen LogP contribution in [0.15, 0.2) is 72.3 Å². The lowest BCUT2D eigenvalue weighted by molar-refractivity contribution is -0.114. The number of carbonyl (C=O) groups excluding carboxylic acids is 1. The molecule has 19 heavy (non-hydrogen) atoms. The lowest BCUT2D eigenvalue weighted by Gasteiger charge is -1.98. The minimum atomic E-state index is -0.434. The Kier molecular flexibility index (Phi) is 4.29. The highest BCUT2D eigenvalue weighted by molar-refractivity contribution is 6.00. The highest BCUT2D eigenvalue weighted by Crippen LogP contribution is 2.10. The lowest BCUT2D eigenvalue weighted by atomic mass is 10.1. The molecule has 2 aromatic carbocycles. The summed E-state index contributed by atoms with van der Waals surface area (Å²) in [5.41, 5.74) is 7.85. The Morgan fingerprint density at radius 2 is 1.37 bits per heavy atom. The monoisotopic (exact) mass is 249 g/mol. The van der Waals surface area contributed by atoms with Crippen LogP contribution in [0.4, 0.5) is 0 Å². The summed E-state index contributed by atoms with van der Waals surface area (Å²) in [6, 6.07) is 19.4. The van der Waals surface area contributed by atoms with Crippen molar-refractivity contribution >= 4 is 18.1 Å². The summed E-state index contributed by atoms with van der Waals surface area (Å²) >= 11 is 0. The zero-order chi connectivity index (χ0) is 13.5. The van der Waals surface area contributed by atoms with Gasteiger partial charge >= 0.3 is 0 Å². The normalized spacial score (nSPS) is 11.7. The minimum absolute atomic E-state index is 0.434. The van der Waals surface area contributed by atoms with Crippen molar-refractivity contribution in [2.45, 2.75) is 0 Å². The van der Waals surface area contributed by atoms with Gasteiger partial charge in [0, 0.05) is 5.57 Å². The summed E-state index contributed by atoms with van der Waals surface area (Å²) in [4.78, 5) is 11.4. The summed E-state index contributed by atoms with van der Waals surface area (Å²) in [5.74, 6) is -0.434. The zero-order valence-electron chi connectivity index (χ0n) is 10.5. The molecule has 0 saturated heterocycles. The third-order valence-corrected chi connectivity index (χ3v) is 2.66. The summed E-state index contributed by atoms with van der Waals surface area (Å²) in [6.07, 6.45) is 5.39. The summed E-state index contributed by atoms with van der Waals surface area (Å²) < 4.78 is 0. The van der Waals surface area contributed by atoms with E-state index in [1.54, 1.807) is 12.2 Å². The molecule has 0 aliphatic rings. The van der Waals surface area contributed by atoms with Crippen LogP contribution in [0.25, 0.3) is 12.2 Å². The molecule has 0 unspecified atom stereocenters. The van der Waals surface area contributed by atoms with Gasteiger partial charge in [-0.15, -0.1) is 0 Å². The third-order valence-electron chi connectivity index (χ3n) is 2.66. The first-order valence-corrected chi connectivity index (χ1v) is 6.05. The molecule has 2 rings (SSSR count). The van der Waals surface area contributed by atoms with E-state index < -0.39 is 5.91 Å². The van der Waals surface area contributed by atoms with Crippen molar-refractivity contribution in [3.05, 3.63) is 83.4 Å². The molecular formula is C17H15NO. The molecule has 1 amide bonds. The molecule has 0 saturated carbocycles. The van der Waals surface area contributed by atoms with Gasteiger partial charge in [0.1, 0.15) is 0 Å². The Bertz CT molecular complexity index is 598. The van der Waals surface area contributed by atoms with Crippen molar-refractivity contribution in [2.75, 3.05) is 0 Å². The fourth-order valence-corrected chi connectivity index (χ4v) is 1.68. The van der Waals surface area contributed by atoms with Gasteiger partial charge in [0.25, 0.3) is 0 Å². The van der Waals surface area contributed by atoms with Crippen molar-refractivity contribution in [3.8, 4) is 0 Å². The van der Waals surface area contributed by atoms with Gasteiger partial charge in [0.2, 0.25) is 5.91 Å². The van der Waals surface area contributed by atoms with Crippen LogP contribution in [0.3, 0.4) is 0 Å². The lowest BCUT2D eigenvalue weighted by Crippen LogP contribution is -2.12. The third kappa shape index (κ3) is 3.96. The van der Waals surface area contributed by atoms with E-state index in [0.717, 1.165) is 11.1 Å².